The van der Waals surface area contributed by atoms with Crippen LogP contribution < -0.4 is 5.32 Å². The number of nitrogens with one attached hydrogen (secondary N) is 1. The average Bonchev–Trinajstić information content (AvgIpc) is 3.42. The first-order valence-corrected chi connectivity index (χ1v) is 12.9. The van der Waals surface area contributed by atoms with Crippen LogP contribution in [0.1, 0.15) is 19.8 Å². The summed E-state index contributed by atoms with van der Waals surface area (Å²) in [5.41, 5.74) is 4.30. The number of carbonyl (C=O) groups excluding carboxylic acids is 1. The first-order chi connectivity index (χ1) is 14.9. The molecule has 2 aromatic carbocycles. The number of hydrogen-bond donors (Lipinski definition) is 1. The molecule has 0 bridgehead atoms. The molecule has 160 valence electrons. The Labute approximate surface area is 187 Å². The largest absolute Gasteiger partial charge is 0.326 e. The molecule has 31 heavy (non-hydrogen) atoms. The molecule has 1 saturated heterocycles. The predicted molar refractivity (Wildman–Crippen MR) is 122 cm³/mol. The van der Waals surface area contributed by atoms with E-state index in [-0.39, 0.29) is 29.3 Å². The number of sulfonamides is 1. The highest BCUT2D eigenvalue weighted by Crippen LogP contribution is 2.32. The number of rotatable bonds is 4. The van der Waals surface area contributed by atoms with Crippen molar-refractivity contribution >= 4 is 65.9 Å². The Hall–Kier alpha value is -2.47. The van der Waals surface area contributed by atoms with Crippen molar-refractivity contribution < 1.29 is 13.2 Å². The Balaban J connectivity index is 1.31. The number of fused-ring (bicyclic) bond motifs is 2. The van der Waals surface area contributed by atoms with Crippen molar-refractivity contribution in [1.29, 1.82) is 0 Å². The van der Waals surface area contributed by atoms with Crippen LogP contribution in [0.3, 0.4) is 0 Å². The third-order valence-corrected chi connectivity index (χ3v) is 9.02. The van der Waals surface area contributed by atoms with Crippen molar-refractivity contribution in [2.45, 2.75) is 30.7 Å². The van der Waals surface area contributed by atoms with Gasteiger partial charge in [-0.3, -0.25) is 4.79 Å². The topological polar surface area (TPSA) is 105 Å². The number of anilines is 1. The second-order valence-corrected chi connectivity index (χ2v) is 10.9. The van der Waals surface area contributed by atoms with Gasteiger partial charge in [0.2, 0.25) is 15.9 Å². The molecule has 0 saturated carbocycles. The number of nitrogens with zero attached hydrogens (tertiary/aromatic N) is 4. The molecular formula is C20H19N5O3S3. The van der Waals surface area contributed by atoms with Gasteiger partial charge in [0, 0.05) is 24.2 Å². The fourth-order valence-corrected chi connectivity index (χ4v) is 7.11. The zero-order valence-electron chi connectivity index (χ0n) is 16.6. The number of amides is 1. The van der Waals surface area contributed by atoms with E-state index in [1.54, 1.807) is 35.0 Å². The summed E-state index contributed by atoms with van der Waals surface area (Å²) < 4.78 is 37.5. The maximum Gasteiger partial charge on any atom is 0.245 e. The summed E-state index contributed by atoms with van der Waals surface area (Å²) >= 11 is 2.55. The van der Waals surface area contributed by atoms with E-state index in [0.717, 1.165) is 21.9 Å². The highest BCUT2D eigenvalue weighted by atomic mass is 32.2. The van der Waals surface area contributed by atoms with Crippen LogP contribution in [0, 0.1) is 5.92 Å². The predicted octanol–water partition coefficient (Wildman–Crippen LogP) is 3.73. The minimum absolute atomic E-state index is 0.0933. The summed E-state index contributed by atoms with van der Waals surface area (Å²) in [6.45, 7) is 2.12. The van der Waals surface area contributed by atoms with Crippen molar-refractivity contribution in [2.24, 2.45) is 5.92 Å². The Bertz CT molecular complexity index is 1380. The second-order valence-electron chi connectivity index (χ2n) is 7.60. The molecule has 2 atom stereocenters. The van der Waals surface area contributed by atoms with Crippen molar-refractivity contribution in [3.05, 3.63) is 41.9 Å². The normalized spacial score (nSPS) is 20.3. The number of hydrogen-bond acceptors (Lipinski definition) is 8. The number of aromatic nitrogens is 3. The minimum Gasteiger partial charge on any atom is -0.326 e. The lowest BCUT2D eigenvalue weighted by atomic mass is 9.92. The molecule has 1 fully saturated rings. The van der Waals surface area contributed by atoms with Crippen LogP contribution in [0.5, 0.6) is 0 Å². The van der Waals surface area contributed by atoms with E-state index in [2.05, 4.69) is 19.0 Å². The van der Waals surface area contributed by atoms with E-state index < -0.39 is 10.0 Å². The molecule has 4 aromatic rings. The monoisotopic (exact) mass is 473 g/mol. The lowest BCUT2D eigenvalue weighted by Crippen LogP contribution is -2.46. The van der Waals surface area contributed by atoms with Crippen molar-refractivity contribution in [1.82, 2.24) is 18.0 Å². The standard InChI is InChI=1S/C20H19N5O3S3/c1-12-9-13(20(26)22-14-5-6-17-16(10-14)21-11-29-17)7-8-25(12)31(27,28)18-4-2-3-15-19(18)24-30-23-15/h2-6,10-13H,7-9H2,1H3,(H,22,26). The van der Waals surface area contributed by atoms with Crippen LogP contribution >= 0.6 is 23.1 Å². The maximum absolute atomic E-state index is 13.3. The zero-order valence-corrected chi connectivity index (χ0v) is 19.0. The SMILES string of the molecule is CC1CC(C(=O)Nc2ccc3scnc3c2)CCN1S(=O)(=O)c1cccc2nsnc12. The molecule has 8 nitrogen and oxygen atoms in total. The molecule has 1 aliphatic heterocycles. The first kappa shape index (κ1) is 20.4. The summed E-state index contributed by atoms with van der Waals surface area (Å²) in [6, 6.07) is 10.4. The van der Waals surface area contributed by atoms with Crippen LogP contribution in [0.15, 0.2) is 46.8 Å². The molecule has 0 spiro atoms. The molecule has 2 unspecified atom stereocenters. The van der Waals surface area contributed by atoms with E-state index in [1.807, 2.05) is 25.1 Å². The van der Waals surface area contributed by atoms with Gasteiger partial charge in [0.1, 0.15) is 15.9 Å². The smallest absolute Gasteiger partial charge is 0.245 e. The summed E-state index contributed by atoms with van der Waals surface area (Å²) in [5.74, 6) is -0.353. The minimum atomic E-state index is -3.73. The Morgan fingerprint density at radius 1 is 1.19 bits per heavy atom. The van der Waals surface area contributed by atoms with Crippen LogP contribution in [0.2, 0.25) is 0 Å². The van der Waals surface area contributed by atoms with Gasteiger partial charge in [-0.15, -0.1) is 11.3 Å². The van der Waals surface area contributed by atoms with Crippen molar-refractivity contribution in [3.8, 4) is 0 Å². The third kappa shape index (κ3) is 3.71. The van der Waals surface area contributed by atoms with Gasteiger partial charge in [0.25, 0.3) is 0 Å². The van der Waals surface area contributed by atoms with Gasteiger partial charge < -0.3 is 5.32 Å². The Morgan fingerprint density at radius 2 is 2.06 bits per heavy atom. The van der Waals surface area contributed by atoms with Crippen LogP contribution in [0.25, 0.3) is 21.3 Å². The van der Waals surface area contributed by atoms with Gasteiger partial charge in [0.05, 0.1) is 27.5 Å². The Kier molecular flexibility index (Phi) is 5.21. The first-order valence-electron chi connectivity index (χ1n) is 9.81. The molecule has 2 aromatic heterocycles. The molecule has 0 radical (unpaired) electrons. The average molecular weight is 474 g/mol. The van der Waals surface area contributed by atoms with Crippen LogP contribution in [-0.4, -0.2) is 44.9 Å². The molecule has 0 aliphatic carbocycles. The quantitative estimate of drug-likeness (QED) is 0.484. The van der Waals surface area contributed by atoms with E-state index in [0.29, 0.717) is 29.6 Å². The number of benzene rings is 2. The lowest BCUT2D eigenvalue weighted by Gasteiger charge is -2.36. The van der Waals surface area contributed by atoms with Crippen LogP contribution in [-0.2, 0) is 14.8 Å². The van der Waals surface area contributed by atoms with E-state index in [1.165, 1.54) is 4.31 Å². The van der Waals surface area contributed by atoms with E-state index in [4.69, 9.17) is 0 Å². The zero-order chi connectivity index (χ0) is 21.6. The highest BCUT2D eigenvalue weighted by molar-refractivity contribution is 7.89. The van der Waals surface area contributed by atoms with E-state index in [9.17, 15) is 13.2 Å². The number of piperidine rings is 1. The summed E-state index contributed by atoms with van der Waals surface area (Å²) in [4.78, 5) is 17.3. The molecule has 1 N–H and O–H groups in total. The van der Waals surface area contributed by atoms with Gasteiger partial charge in [-0.25, -0.2) is 13.4 Å². The molecular weight excluding hydrogens is 454 g/mol. The van der Waals surface area contributed by atoms with Gasteiger partial charge >= 0.3 is 0 Å². The van der Waals surface area contributed by atoms with Crippen molar-refractivity contribution in [3.63, 3.8) is 0 Å². The molecule has 1 amide bonds. The molecule has 5 rings (SSSR count). The highest BCUT2D eigenvalue weighted by Gasteiger charge is 2.38. The molecule has 3 heterocycles. The number of carbonyl (C=O) groups is 1. The fourth-order valence-electron chi connectivity index (χ4n) is 4.04. The van der Waals surface area contributed by atoms with E-state index >= 15 is 0 Å². The summed E-state index contributed by atoms with van der Waals surface area (Å²) in [5, 5.41) is 2.96. The Morgan fingerprint density at radius 3 is 2.90 bits per heavy atom. The van der Waals surface area contributed by atoms with Gasteiger partial charge in [0.15, 0.2) is 0 Å². The second kappa shape index (κ2) is 7.90. The number of thiazole rings is 1. The van der Waals surface area contributed by atoms with Gasteiger partial charge in [-0.1, -0.05) is 6.07 Å². The molecule has 1 aliphatic rings. The fraction of sp³-hybridized carbons (Fsp3) is 0.300. The molecule has 11 heteroatoms. The van der Waals surface area contributed by atoms with Crippen LogP contribution in [0.4, 0.5) is 5.69 Å². The van der Waals surface area contributed by atoms with Gasteiger partial charge in [-0.05, 0) is 50.1 Å². The lowest BCUT2D eigenvalue weighted by molar-refractivity contribution is -0.121. The third-order valence-electron chi connectivity index (χ3n) is 5.62. The summed E-state index contributed by atoms with van der Waals surface area (Å²) in [7, 11) is -3.73. The maximum atomic E-state index is 13.3. The van der Waals surface area contributed by atoms with Gasteiger partial charge in [-0.2, -0.15) is 13.1 Å². The summed E-state index contributed by atoms with van der Waals surface area (Å²) in [6.07, 6.45) is 0.912. The van der Waals surface area contributed by atoms with Crippen molar-refractivity contribution in [2.75, 3.05) is 11.9 Å².